The number of pyridine rings is 1. The number of fused-ring (bicyclic) bond motifs is 1. The maximum absolute atomic E-state index is 15.2. The second-order valence-corrected chi connectivity index (χ2v) is 18.7. The van der Waals surface area contributed by atoms with E-state index < -0.39 is 22.6 Å². The smallest absolute Gasteiger partial charge is 0.336 e. The molecule has 14 nitrogen and oxygen atoms in total. The van der Waals surface area contributed by atoms with E-state index in [1.54, 1.807) is 43.3 Å². The molecule has 4 aliphatic rings. The molecule has 16 heteroatoms. The molecule has 1 aliphatic carbocycles. The molecule has 3 aromatic carbocycles. The quantitative estimate of drug-likeness (QED) is 0.112. The van der Waals surface area contributed by atoms with Crippen LogP contribution in [0.25, 0.3) is 16.6 Å². The van der Waals surface area contributed by atoms with Crippen LogP contribution in [0, 0.1) is 28.1 Å². The third kappa shape index (κ3) is 8.58. The molecule has 3 aliphatic heterocycles. The number of amides is 3. The molecular formula is C47H50FIN8O6. The number of hydrogen-bond acceptors (Lipinski definition) is 9. The van der Waals surface area contributed by atoms with E-state index in [0.29, 0.717) is 59.4 Å². The highest BCUT2D eigenvalue weighted by atomic mass is 127. The van der Waals surface area contributed by atoms with Crippen LogP contribution in [0.1, 0.15) is 74.5 Å². The number of carbonyl (C=O) groups excluding carboxylic acids is 3. The van der Waals surface area contributed by atoms with Crippen molar-refractivity contribution < 1.29 is 18.8 Å². The summed E-state index contributed by atoms with van der Waals surface area (Å²) in [7, 11) is 1.51. The van der Waals surface area contributed by atoms with E-state index in [9.17, 15) is 28.8 Å². The Morgan fingerprint density at radius 3 is 2.29 bits per heavy atom. The van der Waals surface area contributed by atoms with Gasteiger partial charge in [-0.2, -0.15) is 0 Å². The van der Waals surface area contributed by atoms with E-state index in [0.717, 1.165) is 56.8 Å². The number of benzene rings is 3. The minimum Gasteiger partial charge on any atom is -0.372 e. The molecule has 328 valence electrons. The largest absolute Gasteiger partial charge is 0.372 e. The lowest BCUT2D eigenvalue weighted by Crippen LogP contribution is -2.43. The van der Waals surface area contributed by atoms with Crippen LogP contribution in [-0.4, -0.2) is 69.0 Å². The number of likely N-dealkylation sites (tertiary alicyclic amines) is 1. The first kappa shape index (κ1) is 42.7. The summed E-state index contributed by atoms with van der Waals surface area (Å²) >= 11 is 2.01. The van der Waals surface area contributed by atoms with Crippen molar-refractivity contribution in [3.63, 3.8) is 0 Å². The van der Waals surface area contributed by atoms with Crippen molar-refractivity contribution in [1.82, 2.24) is 23.9 Å². The standard InChI is InChI=1S/C47H50FIN8O6/c1-27-41-40(42(53(2)45(27)61)51-38-13-9-31(49)24-37(38)48)46(62)57(33-10-11-33)47(63)56(41)35-8-4-6-32(25-35)50-43(59)29-17-19-54(20-18-29)26-28-15-21-55(22-16-28)34-7-3-5-30(23-34)36-12-14-39(58)52-44(36)60/h3-9,13,23-25,28-29,33,36,51H,10-12,14-22,26H2,1-2H3,(H,50,59)(H,52,58,60). The molecule has 1 unspecified atom stereocenters. The van der Waals surface area contributed by atoms with Gasteiger partial charge < -0.3 is 20.4 Å². The van der Waals surface area contributed by atoms with Gasteiger partial charge in [0.2, 0.25) is 17.7 Å². The van der Waals surface area contributed by atoms with E-state index in [4.69, 9.17) is 0 Å². The average Bonchev–Trinajstić information content (AvgIpc) is 4.11. The molecule has 1 saturated carbocycles. The topological polar surface area (TPSA) is 160 Å². The van der Waals surface area contributed by atoms with Crippen LogP contribution in [0.2, 0.25) is 0 Å². The Kier molecular flexibility index (Phi) is 11.9. The third-order valence-electron chi connectivity index (χ3n) is 13.3. The van der Waals surface area contributed by atoms with Gasteiger partial charge >= 0.3 is 5.69 Å². The molecule has 0 spiro atoms. The molecule has 5 aromatic rings. The molecule has 1 atom stereocenters. The summed E-state index contributed by atoms with van der Waals surface area (Å²) in [5.74, 6) is -0.963. The van der Waals surface area contributed by atoms with Gasteiger partial charge in [-0.05, 0) is 148 Å². The lowest BCUT2D eigenvalue weighted by molar-refractivity contribution is -0.134. The van der Waals surface area contributed by atoms with Crippen LogP contribution < -0.4 is 37.7 Å². The Morgan fingerprint density at radius 2 is 1.57 bits per heavy atom. The highest BCUT2D eigenvalue weighted by Crippen LogP contribution is 2.35. The number of imide groups is 1. The summed E-state index contributed by atoms with van der Waals surface area (Å²) in [6, 6.07) is 19.3. The SMILES string of the molecule is Cc1c(=O)n(C)c(Nc2ccc(I)cc2F)c2c(=O)n(C3CC3)c(=O)n(-c3cccc(NC(=O)C4CCN(CC5CCN(c6cccc(C7CCC(=O)NC7=O)c6)CC5)CC4)c3)c12. The van der Waals surface area contributed by atoms with Crippen molar-refractivity contribution in [2.45, 2.75) is 70.3 Å². The number of carbonyl (C=O) groups is 3. The zero-order valence-electron chi connectivity index (χ0n) is 35.3. The molecule has 0 radical (unpaired) electrons. The third-order valence-corrected chi connectivity index (χ3v) is 13.9. The molecule has 2 aromatic heterocycles. The number of piperidine rings is 3. The number of rotatable bonds is 10. The Hall–Kier alpha value is -5.62. The van der Waals surface area contributed by atoms with Crippen LogP contribution in [0.5, 0.6) is 0 Å². The number of aromatic nitrogens is 3. The van der Waals surface area contributed by atoms with Gasteiger partial charge in [-0.3, -0.25) is 43.0 Å². The minimum atomic E-state index is -0.585. The lowest BCUT2D eigenvalue weighted by Gasteiger charge is -2.38. The molecular weight excluding hydrogens is 918 g/mol. The molecule has 3 N–H and O–H groups in total. The fourth-order valence-corrected chi connectivity index (χ4v) is 10.1. The first-order valence-corrected chi connectivity index (χ1v) is 22.9. The highest BCUT2D eigenvalue weighted by Gasteiger charge is 2.33. The molecule has 5 heterocycles. The van der Waals surface area contributed by atoms with Crippen LogP contribution in [0.4, 0.5) is 27.3 Å². The van der Waals surface area contributed by atoms with E-state index in [2.05, 4.69) is 37.9 Å². The van der Waals surface area contributed by atoms with E-state index >= 15 is 4.39 Å². The van der Waals surface area contributed by atoms with Crippen molar-refractivity contribution in [2.24, 2.45) is 18.9 Å². The molecule has 4 fully saturated rings. The Bertz CT molecular complexity index is 2840. The first-order valence-electron chi connectivity index (χ1n) is 21.8. The van der Waals surface area contributed by atoms with Crippen molar-refractivity contribution in [2.75, 3.05) is 48.3 Å². The van der Waals surface area contributed by atoms with Gasteiger partial charge in [0.05, 0.1) is 22.8 Å². The summed E-state index contributed by atoms with van der Waals surface area (Å²) in [5.41, 5.74) is 1.70. The highest BCUT2D eigenvalue weighted by molar-refractivity contribution is 14.1. The number of nitrogens with zero attached hydrogens (tertiary/aromatic N) is 5. The predicted molar refractivity (Wildman–Crippen MR) is 249 cm³/mol. The summed E-state index contributed by atoms with van der Waals surface area (Å²) in [5, 5.41) is 8.64. The Morgan fingerprint density at radius 1 is 0.841 bits per heavy atom. The Balaban J connectivity index is 0.870. The molecule has 63 heavy (non-hydrogen) atoms. The number of nitrogens with one attached hydrogen (secondary N) is 3. The van der Waals surface area contributed by atoms with E-state index in [-0.39, 0.29) is 63.6 Å². The zero-order valence-corrected chi connectivity index (χ0v) is 37.5. The average molecular weight is 969 g/mol. The van der Waals surface area contributed by atoms with Crippen LogP contribution in [-0.2, 0) is 21.4 Å². The normalized spacial score (nSPS) is 19.0. The summed E-state index contributed by atoms with van der Waals surface area (Å²) in [4.78, 5) is 85.1. The summed E-state index contributed by atoms with van der Waals surface area (Å²) in [6.45, 7) is 6.02. The molecule has 3 saturated heterocycles. The van der Waals surface area contributed by atoms with Gasteiger partial charge in [0.1, 0.15) is 17.0 Å². The van der Waals surface area contributed by atoms with Gasteiger partial charge in [0.25, 0.3) is 11.1 Å². The van der Waals surface area contributed by atoms with Gasteiger partial charge in [0.15, 0.2) is 0 Å². The fraction of sp³-hybridized carbons (Fsp3) is 0.404. The van der Waals surface area contributed by atoms with Gasteiger partial charge in [0, 0.05) is 65.6 Å². The van der Waals surface area contributed by atoms with Crippen molar-refractivity contribution in [3.8, 4) is 5.69 Å². The minimum absolute atomic E-state index is 0.0735. The lowest BCUT2D eigenvalue weighted by atomic mass is 9.89. The fourth-order valence-electron chi connectivity index (χ4n) is 9.61. The van der Waals surface area contributed by atoms with Crippen LogP contribution in [0.15, 0.2) is 81.1 Å². The summed E-state index contributed by atoms with van der Waals surface area (Å²) < 4.78 is 19.7. The van der Waals surface area contributed by atoms with Gasteiger partial charge in [-0.1, -0.05) is 18.2 Å². The van der Waals surface area contributed by atoms with E-state index in [1.807, 2.05) is 34.7 Å². The van der Waals surface area contributed by atoms with Gasteiger partial charge in [-0.15, -0.1) is 0 Å². The number of hydrogen-bond donors (Lipinski definition) is 3. The monoisotopic (exact) mass is 968 g/mol. The Labute approximate surface area is 376 Å². The van der Waals surface area contributed by atoms with E-state index in [1.165, 1.54) is 26.8 Å². The number of aryl methyl sites for hydroxylation is 1. The number of halogens is 2. The van der Waals surface area contributed by atoms with Crippen LogP contribution in [0.3, 0.4) is 0 Å². The maximum atomic E-state index is 15.2. The molecule has 9 rings (SSSR count). The second-order valence-electron chi connectivity index (χ2n) is 17.5. The van der Waals surface area contributed by atoms with Gasteiger partial charge in [-0.25, -0.2) is 9.18 Å². The zero-order chi connectivity index (χ0) is 44.1. The summed E-state index contributed by atoms with van der Waals surface area (Å²) in [6.07, 6.45) is 5.72. The molecule has 0 bridgehead atoms. The second kappa shape index (κ2) is 17.5. The van der Waals surface area contributed by atoms with Crippen molar-refractivity contribution in [3.05, 3.63) is 118 Å². The predicted octanol–water partition coefficient (Wildman–Crippen LogP) is 6.07. The van der Waals surface area contributed by atoms with Crippen molar-refractivity contribution >= 4 is 74.1 Å². The number of anilines is 4. The molecule has 3 amide bonds. The van der Waals surface area contributed by atoms with Crippen LogP contribution >= 0.6 is 22.6 Å². The maximum Gasteiger partial charge on any atom is 0.336 e. The first-order chi connectivity index (χ1) is 30.3. The van der Waals surface area contributed by atoms with Crippen molar-refractivity contribution in [1.29, 1.82) is 0 Å².